The molecule has 0 fully saturated rings. The van der Waals surface area contributed by atoms with Gasteiger partial charge in [0.2, 0.25) is 5.82 Å². The largest absolute Gasteiger partial charge is 0.351 e. The van der Waals surface area contributed by atoms with Crippen molar-refractivity contribution >= 4 is 34.7 Å². The number of hydrogen-bond donors (Lipinski definition) is 1. The molecule has 1 aliphatic heterocycles. The van der Waals surface area contributed by atoms with Crippen molar-refractivity contribution in [1.29, 1.82) is 0 Å². The Morgan fingerprint density at radius 3 is 2.45 bits per heavy atom. The van der Waals surface area contributed by atoms with Crippen LogP contribution in [0.4, 0.5) is 0 Å². The van der Waals surface area contributed by atoms with Gasteiger partial charge in [0, 0.05) is 22.7 Å². The van der Waals surface area contributed by atoms with Gasteiger partial charge >= 0.3 is 0 Å². The first-order valence-electron chi connectivity index (χ1n) is 10.4. The van der Waals surface area contributed by atoms with Crippen LogP contribution in [0.2, 0.25) is 0 Å². The molecule has 0 amide bonds. The fraction of sp³-hybridized carbons (Fsp3) is 0.292. The van der Waals surface area contributed by atoms with E-state index in [2.05, 4.69) is 78.8 Å². The highest BCUT2D eigenvalue weighted by atomic mass is 32.2. The summed E-state index contributed by atoms with van der Waals surface area (Å²) in [5, 5.41) is 8.50. The number of hydrogen-bond acceptors (Lipinski definition) is 5. The highest BCUT2D eigenvalue weighted by Crippen LogP contribution is 2.37. The van der Waals surface area contributed by atoms with Crippen LogP contribution in [0.25, 0.3) is 17.0 Å². The number of thiocarbonyl (C=S) groups is 1. The average Bonchev–Trinajstić information content (AvgIpc) is 3.26. The molecule has 2 heterocycles. The third-order valence-electron chi connectivity index (χ3n) is 5.46. The summed E-state index contributed by atoms with van der Waals surface area (Å²) >= 11 is 7.40. The molecular formula is C24H26N4OS2. The molecule has 2 aromatic carbocycles. The van der Waals surface area contributed by atoms with E-state index in [0.29, 0.717) is 11.7 Å². The van der Waals surface area contributed by atoms with Crippen LogP contribution in [0.3, 0.4) is 0 Å². The summed E-state index contributed by atoms with van der Waals surface area (Å²) in [5.74, 6) is 1.10. The van der Waals surface area contributed by atoms with Crippen molar-refractivity contribution in [3.05, 3.63) is 71.2 Å². The Kier molecular flexibility index (Phi) is 6.43. The standard InChI is InChI=1S/C24H26N4OS2/c1-5-14-28-16(3)20(21(25-24(28)30)17-8-6-15(2)7-9-17)23-26-22(27-29-23)18-10-12-19(31-4)13-11-18/h6-13,21H,5,14H2,1-4H3,(H,25,30). The maximum atomic E-state index is 5.79. The van der Waals surface area contributed by atoms with Crippen LogP contribution >= 0.6 is 24.0 Å². The molecule has 3 aromatic rings. The summed E-state index contributed by atoms with van der Waals surface area (Å²) in [6.07, 6.45) is 3.04. The Hall–Kier alpha value is -2.64. The van der Waals surface area contributed by atoms with E-state index in [-0.39, 0.29) is 6.04 Å². The number of thioether (sulfide) groups is 1. The van der Waals surface area contributed by atoms with Crippen LogP contribution in [0.5, 0.6) is 0 Å². The quantitative estimate of drug-likeness (QED) is 0.374. The van der Waals surface area contributed by atoms with Crippen LogP contribution in [0.15, 0.2) is 63.6 Å². The van der Waals surface area contributed by atoms with E-state index in [1.54, 1.807) is 11.8 Å². The Morgan fingerprint density at radius 2 is 1.81 bits per heavy atom. The highest BCUT2D eigenvalue weighted by Gasteiger charge is 2.33. The smallest absolute Gasteiger partial charge is 0.258 e. The first-order chi connectivity index (χ1) is 15.0. The average molecular weight is 451 g/mol. The lowest BCUT2D eigenvalue weighted by Gasteiger charge is -2.37. The molecule has 5 nitrogen and oxygen atoms in total. The lowest BCUT2D eigenvalue weighted by atomic mass is 9.94. The van der Waals surface area contributed by atoms with Crippen molar-refractivity contribution < 1.29 is 4.52 Å². The minimum atomic E-state index is -0.145. The second-order valence-electron chi connectivity index (χ2n) is 7.60. The molecule has 160 valence electrons. The van der Waals surface area contributed by atoms with Gasteiger partial charge in [-0.15, -0.1) is 11.8 Å². The summed E-state index contributed by atoms with van der Waals surface area (Å²) < 4.78 is 5.79. The topological polar surface area (TPSA) is 54.2 Å². The summed E-state index contributed by atoms with van der Waals surface area (Å²) in [6.45, 7) is 7.14. The predicted molar refractivity (Wildman–Crippen MR) is 131 cm³/mol. The molecule has 1 unspecified atom stereocenters. The van der Waals surface area contributed by atoms with E-state index >= 15 is 0 Å². The molecule has 1 atom stereocenters. The van der Waals surface area contributed by atoms with Gasteiger partial charge in [-0.1, -0.05) is 41.9 Å². The Labute approximate surface area is 192 Å². The van der Waals surface area contributed by atoms with Gasteiger partial charge < -0.3 is 14.7 Å². The second kappa shape index (κ2) is 9.24. The molecule has 0 aliphatic carbocycles. The third-order valence-corrected chi connectivity index (χ3v) is 6.54. The molecule has 7 heteroatoms. The van der Waals surface area contributed by atoms with E-state index in [4.69, 9.17) is 21.7 Å². The fourth-order valence-electron chi connectivity index (χ4n) is 3.75. The van der Waals surface area contributed by atoms with E-state index in [0.717, 1.165) is 40.5 Å². The molecule has 0 spiro atoms. The molecular weight excluding hydrogens is 424 g/mol. The van der Waals surface area contributed by atoms with Crippen molar-refractivity contribution in [2.75, 3.05) is 12.8 Å². The zero-order chi connectivity index (χ0) is 22.0. The van der Waals surface area contributed by atoms with E-state index < -0.39 is 0 Å². The summed E-state index contributed by atoms with van der Waals surface area (Å²) in [4.78, 5) is 8.09. The molecule has 0 saturated heterocycles. The molecule has 0 bridgehead atoms. The third kappa shape index (κ3) is 4.38. The van der Waals surface area contributed by atoms with Gasteiger partial charge in [0.1, 0.15) is 0 Å². The second-order valence-corrected chi connectivity index (χ2v) is 8.86. The molecule has 1 N–H and O–H groups in total. The molecule has 0 radical (unpaired) electrons. The number of rotatable bonds is 6. The van der Waals surface area contributed by atoms with E-state index in [9.17, 15) is 0 Å². The summed E-state index contributed by atoms with van der Waals surface area (Å²) in [5.41, 5.74) is 5.27. The number of aromatic nitrogens is 2. The highest BCUT2D eigenvalue weighted by molar-refractivity contribution is 7.98. The first kappa shape index (κ1) is 21.6. The SMILES string of the molecule is CCCN1C(=S)NC(c2ccc(C)cc2)C(c2nc(-c3ccc(SC)cc3)no2)=C1C. The number of benzene rings is 2. The maximum Gasteiger partial charge on any atom is 0.258 e. The lowest BCUT2D eigenvalue weighted by molar-refractivity contribution is 0.396. The molecule has 1 aliphatic rings. The van der Waals surface area contributed by atoms with Crippen molar-refractivity contribution in [1.82, 2.24) is 20.4 Å². The van der Waals surface area contributed by atoms with Gasteiger partial charge in [-0.2, -0.15) is 4.98 Å². The van der Waals surface area contributed by atoms with Crippen LogP contribution in [-0.4, -0.2) is 33.0 Å². The summed E-state index contributed by atoms with van der Waals surface area (Å²) in [7, 11) is 0. The number of nitrogens with zero attached hydrogens (tertiary/aromatic N) is 3. The van der Waals surface area contributed by atoms with E-state index in [1.165, 1.54) is 10.5 Å². The Morgan fingerprint density at radius 1 is 1.10 bits per heavy atom. The van der Waals surface area contributed by atoms with Gasteiger partial charge in [-0.05, 0) is 68.6 Å². The van der Waals surface area contributed by atoms with Crippen molar-refractivity contribution in [2.24, 2.45) is 0 Å². The zero-order valence-electron chi connectivity index (χ0n) is 18.2. The Bertz CT molecular complexity index is 1100. The first-order valence-corrected chi connectivity index (χ1v) is 12.0. The van der Waals surface area contributed by atoms with Gasteiger partial charge in [-0.3, -0.25) is 0 Å². The predicted octanol–water partition coefficient (Wildman–Crippen LogP) is 5.84. The van der Waals surface area contributed by atoms with Gasteiger partial charge in [0.15, 0.2) is 5.11 Å². The zero-order valence-corrected chi connectivity index (χ0v) is 19.8. The normalized spacial score (nSPS) is 16.6. The van der Waals surface area contributed by atoms with Crippen molar-refractivity contribution in [3.8, 4) is 11.4 Å². The molecule has 4 rings (SSSR count). The van der Waals surface area contributed by atoms with Crippen LogP contribution in [-0.2, 0) is 0 Å². The van der Waals surface area contributed by atoms with Gasteiger partial charge in [0.25, 0.3) is 5.89 Å². The number of aryl methyl sites for hydroxylation is 1. The Balaban J connectivity index is 1.78. The van der Waals surface area contributed by atoms with Crippen LogP contribution in [0.1, 0.15) is 43.3 Å². The number of allylic oxidation sites excluding steroid dienone is 1. The van der Waals surface area contributed by atoms with Crippen LogP contribution < -0.4 is 5.32 Å². The minimum absolute atomic E-state index is 0.145. The van der Waals surface area contributed by atoms with Gasteiger partial charge in [0.05, 0.1) is 11.6 Å². The van der Waals surface area contributed by atoms with Crippen molar-refractivity contribution in [3.63, 3.8) is 0 Å². The van der Waals surface area contributed by atoms with Crippen molar-refractivity contribution in [2.45, 2.75) is 38.1 Å². The lowest BCUT2D eigenvalue weighted by Crippen LogP contribution is -2.46. The monoisotopic (exact) mass is 450 g/mol. The fourth-order valence-corrected chi connectivity index (χ4v) is 4.50. The van der Waals surface area contributed by atoms with Crippen LogP contribution in [0, 0.1) is 6.92 Å². The molecule has 31 heavy (non-hydrogen) atoms. The van der Waals surface area contributed by atoms with Gasteiger partial charge in [-0.25, -0.2) is 0 Å². The maximum absolute atomic E-state index is 5.79. The molecule has 0 saturated carbocycles. The number of nitrogens with one attached hydrogen (secondary N) is 1. The van der Waals surface area contributed by atoms with E-state index in [1.807, 2.05) is 12.1 Å². The minimum Gasteiger partial charge on any atom is -0.351 e. The summed E-state index contributed by atoms with van der Waals surface area (Å²) in [6, 6.07) is 16.5. The molecule has 1 aromatic heterocycles.